The number of benzene rings is 1. The first-order valence-corrected chi connectivity index (χ1v) is 5.56. The molecule has 2 nitrogen and oxygen atoms in total. The van der Waals surface area contributed by atoms with Crippen molar-refractivity contribution in [1.29, 1.82) is 0 Å². The van der Waals surface area contributed by atoms with Crippen molar-refractivity contribution in [2.45, 2.75) is 26.2 Å². The summed E-state index contributed by atoms with van der Waals surface area (Å²) in [6.07, 6.45) is 0.958. The van der Waals surface area contributed by atoms with Crippen LogP contribution < -0.4 is 10.6 Å². The zero-order chi connectivity index (χ0) is 11.4. The molecule has 4 heteroatoms. The van der Waals surface area contributed by atoms with Crippen molar-refractivity contribution in [2.24, 2.45) is 5.73 Å². The summed E-state index contributed by atoms with van der Waals surface area (Å²) in [5.41, 5.74) is 9.61. The average molecular weight is 279 g/mol. The van der Waals surface area contributed by atoms with Gasteiger partial charge in [0.15, 0.2) is 0 Å². The Morgan fingerprint density at radius 3 is 2.18 bits per heavy atom. The molecule has 0 saturated heterocycles. The third-order valence-corrected chi connectivity index (χ3v) is 2.63. The monoisotopic (exact) mass is 278 g/mol. The normalized spacial score (nSPS) is 9.53. The van der Waals surface area contributed by atoms with Crippen molar-refractivity contribution in [3.05, 3.63) is 29.3 Å². The van der Waals surface area contributed by atoms with Crippen LogP contribution in [0, 0.1) is 0 Å². The fraction of sp³-hybridized carbons (Fsp3) is 0.538. The number of rotatable bonds is 4. The minimum absolute atomic E-state index is 0. The van der Waals surface area contributed by atoms with Gasteiger partial charge in [-0.2, -0.15) is 0 Å². The highest BCUT2D eigenvalue weighted by Crippen LogP contribution is 2.27. The van der Waals surface area contributed by atoms with Crippen molar-refractivity contribution in [1.82, 2.24) is 0 Å². The van der Waals surface area contributed by atoms with Crippen LogP contribution in [0.3, 0.4) is 0 Å². The maximum atomic E-state index is 5.57. The third-order valence-electron chi connectivity index (χ3n) is 2.63. The first kappa shape index (κ1) is 18.9. The lowest BCUT2D eigenvalue weighted by Crippen LogP contribution is -2.13. The van der Waals surface area contributed by atoms with Gasteiger partial charge >= 0.3 is 0 Å². The summed E-state index contributed by atoms with van der Waals surface area (Å²) in [6, 6.07) is 6.67. The van der Waals surface area contributed by atoms with E-state index < -0.39 is 0 Å². The highest BCUT2D eigenvalue weighted by Gasteiger charge is 2.08. The van der Waals surface area contributed by atoms with Gasteiger partial charge in [-0.1, -0.05) is 26.0 Å². The molecule has 0 amide bonds. The van der Waals surface area contributed by atoms with Crippen LogP contribution in [0.2, 0.25) is 0 Å². The number of hydrogen-bond donors (Lipinski definition) is 1. The Morgan fingerprint density at radius 2 is 1.76 bits per heavy atom. The molecule has 0 unspecified atom stereocenters. The molecular formula is C13H24Cl2N2. The molecule has 17 heavy (non-hydrogen) atoms. The van der Waals surface area contributed by atoms with Gasteiger partial charge in [-0.3, -0.25) is 0 Å². The fourth-order valence-electron chi connectivity index (χ4n) is 1.79. The second kappa shape index (κ2) is 8.62. The summed E-state index contributed by atoms with van der Waals surface area (Å²) in [7, 11) is 4.18. The van der Waals surface area contributed by atoms with Gasteiger partial charge in [-0.05, 0) is 36.1 Å². The zero-order valence-electron chi connectivity index (χ0n) is 11.1. The Balaban J connectivity index is 0. The molecule has 100 valence electrons. The van der Waals surface area contributed by atoms with Crippen LogP contribution in [-0.4, -0.2) is 20.6 Å². The lowest BCUT2D eigenvalue weighted by Gasteiger charge is -2.20. The van der Waals surface area contributed by atoms with E-state index in [4.69, 9.17) is 5.73 Å². The quantitative estimate of drug-likeness (QED) is 0.917. The number of nitrogens with zero attached hydrogens (tertiary/aromatic N) is 1. The van der Waals surface area contributed by atoms with Crippen LogP contribution in [0.25, 0.3) is 0 Å². The van der Waals surface area contributed by atoms with Crippen LogP contribution in [0.1, 0.15) is 30.9 Å². The summed E-state index contributed by atoms with van der Waals surface area (Å²) in [5.74, 6) is 0.564. The van der Waals surface area contributed by atoms with Gasteiger partial charge in [0.2, 0.25) is 0 Å². The van der Waals surface area contributed by atoms with E-state index in [9.17, 15) is 0 Å². The van der Waals surface area contributed by atoms with E-state index in [1.807, 2.05) is 0 Å². The molecule has 0 atom stereocenters. The van der Waals surface area contributed by atoms with Gasteiger partial charge in [0.1, 0.15) is 0 Å². The first-order chi connectivity index (χ1) is 7.06. The predicted molar refractivity (Wildman–Crippen MR) is 82.1 cm³/mol. The Kier molecular flexibility index (Phi) is 9.59. The van der Waals surface area contributed by atoms with E-state index in [1.165, 1.54) is 16.8 Å². The molecule has 1 aromatic rings. The molecule has 0 bridgehead atoms. The van der Waals surface area contributed by atoms with E-state index in [1.54, 1.807) is 0 Å². The number of hydrogen-bond acceptors (Lipinski definition) is 2. The van der Waals surface area contributed by atoms with Gasteiger partial charge in [0, 0.05) is 19.8 Å². The largest absolute Gasteiger partial charge is 0.377 e. The Labute approximate surface area is 117 Å². The van der Waals surface area contributed by atoms with E-state index in [0.29, 0.717) is 12.5 Å². The Bertz CT molecular complexity index is 325. The molecule has 0 spiro atoms. The molecular weight excluding hydrogens is 255 g/mol. The van der Waals surface area contributed by atoms with E-state index in [-0.39, 0.29) is 24.8 Å². The smallest absolute Gasteiger partial charge is 0.0398 e. The molecule has 0 aliphatic carbocycles. The summed E-state index contributed by atoms with van der Waals surface area (Å²) >= 11 is 0. The van der Waals surface area contributed by atoms with Gasteiger partial charge in [0.25, 0.3) is 0 Å². The average Bonchev–Trinajstić information content (AvgIpc) is 2.17. The molecule has 0 aromatic heterocycles. The Hall–Kier alpha value is -0.440. The van der Waals surface area contributed by atoms with Gasteiger partial charge in [-0.25, -0.2) is 0 Å². The molecule has 0 fully saturated rings. The topological polar surface area (TPSA) is 29.3 Å². The molecule has 0 aliphatic heterocycles. The van der Waals surface area contributed by atoms with Crippen molar-refractivity contribution in [3.8, 4) is 0 Å². The molecule has 0 radical (unpaired) electrons. The Morgan fingerprint density at radius 1 is 1.18 bits per heavy atom. The maximum absolute atomic E-state index is 5.57. The highest BCUT2D eigenvalue weighted by atomic mass is 35.5. The number of nitrogens with two attached hydrogens (primary N) is 1. The molecule has 0 heterocycles. The van der Waals surface area contributed by atoms with Crippen LogP contribution >= 0.6 is 24.8 Å². The molecule has 0 saturated carbocycles. The highest BCUT2D eigenvalue weighted by molar-refractivity contribution is 5.85. The lowest BCUT2D eigenvalue weighted by atomic mass is 9.98. The zero-order valence-corrected chi connectivity index (χ0v) is 12.7. The fourth-order valence-corrected chi connectivity index (χ4v) is 1.79. The molecule has 1 rings (SSSR count). The minimum Gasteiger partial charge on any atom is -0.377 e. The van der Waals surface area contributed by atoms with Crippen molar-refractivity contribution < 1.29 is 0 Å². The van der Waals surface area contributed by atoms with Crippen molar-refractivity contribution in [2.75, 3.05) is 25.5 Å². The van der Waals surface area contributed by atoms with Gasteiger partial charge in [-0.15, -0.1) is 24.8 Å². The maximum Gasteiger partial charge on any atom is 0.0398 e. The standard InChI is InChI=1S/C13H22N2.2ClH/c1-10(2)12-6-5-11(7-8-14)9-13(12)15(3)4;;/h5-6,9-10H,7-8,14H2,1-4H3;2*1H. The summed E-state index contributed by atoms with van der Waals surface area (Å²) < 4.78 is 0. The summed E-state index contributed by atoms with van der Waals surface area (Å²) in [6.45, 7) is 5.17. The van der Waals surface area contributed by atoms with E-state index in [2.05, 4.69) is 51.0 Å². The van der Waals surface area contributed by atoms with Gasteiger partial charge in [0.05, 0.1) is 0 Å². The number of halogens is 2. The predicted octanol–water partition coefficient (Wildman–Crippen LogP) is 3.22. The van der Waals surface area contributed by atoms with Crippen molar-refractivity contribution >= 4 is 30.5 Å². The van der Waals surface area contributed by atoms with E-state index in [0.717, 1.165) is 6.42 Å². The van der Waals surface area contributed by atoms with Crippen LogP contribution in [-0.2, 0) is 6.42 Å². The second-order valence-electron chi connectivity index (χ2n) is 4.48. The van der Waals surface area contributed by atoms with Crippen LogP contribution in [0.4, 0.5) is 5.69 Å². The van der Waals surface area contributed by atoms with Crippen molar-refractivity contribution in [3.63, 3.8) is 0 Å². The summed E-state index contributed by atoms with van der Waals surface area (Å²) in [5, 5.41) is 0. The number of anilines is 1. The van der Waals surface area contributed by atoms with E-state index >= 15 is 0 Å². The minimum atomic E-state index is 0. The molecule has 1 aromatic carbocycles. The molecule has 0 aliphatic rings. The molecule has 2 N–H and O–H groups in total. The first-order valence-electron chi connectivity index (χ1n) is 5.56. The SMILES string of the molecule is CC(C)c1ccc(CCN)cc1N(C)C.Cl.Cl. The van der Waals surface area contributed by atoms with Gasteiger partial charge < -0.3 is 10.6 Å². The lowest BCUT2D eigenvalue weighted by molar-refractivity contribution is 0.854. The van der Waals surface area contributed by atoms with Crippen LogP contribution in [0.5, 0.6) is 0 Å². The summed E-state index contributed by atoms with van der Waals surface area (Å²) in [4.78, 5) is 2.18. The second-order valence-corrected chi connectivity index (χ2v) is 4.48. The third kappa shape index (κ3) is 5.15. The van der Waals surface area contributed by atoms with Crippen LogP contribution in [0.15, 0.2) is 18.2 Å².